The van der Waals surface area contributed by atoms with E-state index in [4.69, 9.17) is 5.73 Å². The van der Waals surface area contributed by atoms with Crippen LogP contribution in [0.1, 0.15) is 25.6 Å². The van der Waals surface area contributed by atoms with E-state index < -0.39 is 0 Å². The first-order valence-electron chi connectivity index (χ1n) is 5.12. The molecule has 4 heteroatoms. The molecule has 0 bridgehead atoms. The normalized spacial score (nSPS) is 14.2. The quantitative estimate of drug-likeness (QED) is 0.875. The number of rotatable bonds is 5. The van der Waals surface area contributed by atoms with Gasteiger partial charge in [0.25, 0.3) is 0 Å². The molecule has 0 radical (unpaired) electrons. The van der Waals surface area contributed by atoms with E-state index in [1.807, 2.05) is 6.92 Å². The van der Waals surface area contributed by atoms with Crippen LogP contribution in [0.4, 0.5) is 0 Å². The van der Waals surface area contributed by atoms with Gasteiger partial charge in [0, 0.05) is 39.3 Å². The van der Waals surface area contributed by atoms with E-state index in [9.17, 15) is 0 Å². The standard InChI is InChI=1S/C11H19BrN2S/c1-8(13)5-14-7-11(2,3)10-4-9(12)6-15-10/h4,6,8,14H,5,7,13H2,1-3H3. The van der Waals surface area contributed by atoms with Gasteiger partial charge in [-0.3, -0.25) is 0 Å². The zero-order chi connectivity index (χ0) is 11.5. The van der Waals surface area contributed by atoms with Crippen LogP contribution in [-0.2, 0) is 5.41 Å². The van der Waals surface area contributed by atoms with Crippen molar-refractivity contribution < 1.29 is 0 Å². The number of hydrogen-bond acceptors (Lipinski definition) is 3. The fraction of sp³-hybridized carbons (Fsp3) is 0.636. The lowest BCUT2D eigenvalue weighted by Gasteiger charge is -2.24. The van der Waals surface area contributed by atoms with Gasteiger partial charge in [0.05, 0.1) is 0 Å². The molecule has 0 aromatic carbocycles. The molecule has 0 spiro atoms. The second kappa shape index (κ2) is 5.43. The summed E-state index contributed by atoms with van der Waals surface area (Å²) in [6.07, 6.45) is 0. The summed E-state index contributed by atoms with van der Waals surface area (Å²) in [7, 11) is 0. The summed E-state index contributed by atoms with van der Waals surface area (Å²) in [6, 6.07) is 2.41. The van der Waals surface area contributed by atoms with Gasteiger partial charge in [0.2, 0.25) is 0 Å². The van der Waals surface area contributed by atoms with Gasteiger partial charge in [-0.05, 0) is 28.9 Å². The van der Waals surface area contributed by atoms with Gasteiger partial charge in [-0.1, -0.05) is 13.8 Å². The molecule has 1 unspecified atom stereocenters. The molecule has 0 saturated heterocycles. The van der Waals surface area contributed by atoms with Crippen LogP contribution >= 0.6 is 27.3 Å². The lowest BCUT2D eigenvalue weighted by Crippen LogP contribution is -2.38. The van der Waals surface area contributed by atoms with Gasteiger partial charge in [-0.2, -0.15) is 0 Å². The van der Waals surface area contributed by atoms with Gasteiger partial charge < -0.3 is 11.1 Å². The van der Waals surface area contributed by atoms with E-state index in [-0.39, 0.29) is 11.5 Å². The summed E-state index contributed by atoms with van der Waals surface area (Å²) in [5.41, 5.74) is 5.87. The molecule has 0 aliphatic heterocycles. The van der Waals surface area contributed by atoms with Gasteiger partial charge in [-0.15, -0.1) is 11.3 Å². The van der Waals surface area contributed by atoms with Crippen molar-refractivity contribution >= 4 is 27.3 Å². The summed E-state index contributed by atoms with van der Waals surface area (Å²) < 4.78 is 1.17. The molecule has 1 heterocycles. The van der Waals surface area contributed by atoms with Gasteiger partial charge in [0.15, 0.2) is 0 Å². The molecule has 86 valence electrons. The summed E-state index contributed by atoms with van der Waals surface area (Å²) >= 11 is 5.28. The zero-order valence-electron chi connectivity index (χ0n) is 9.51. The van der Waals surface area contributed by atoms with Crippen LogP contribution in [0.3, 0.4) is 0 Å². The lowest BCUT2D eigenvalue weighted by atomic mass is 9.91. The van der Waals surface area contributed by atoms with Crippen molar-refractivity contribution in [3.05, 3.63) is 20.8 Å². The smallest absolute Gasteiger partial charge is 0.0285 e. The van der Waals surface area contributed by atoms with Crippen LogP contribution in [0.2, 0.25) is 0 Å². The molecule has 1 rings (SSSR count). The molecular formula is C11H19BrN2S. The number of hydrogen-bond donors (Lipinski definition) is 2. The van der Waals surface area contributed by atoms with E-state index in [0.717, 1.165) is 13.1 Å². The number of nitrogens with two attached hydrogens (primary N) is 1. The highest BCUT2D eigenvalue weighted by molar-refractivity contribution is 9.10. The average molecular weight is 291 g/mol. The van der Waals surface area contributed by atoms with Crippen molar-refractivity contribution in [2.45, 2.75) is 32.2 Å². The monoisotopic (exact) mass is 290 g/mol. The van der Waals surface area contributed by atoms with E-state index in [0.29, 0.717) is 0 Å². The molecule has 0 saturated carbocycles. The minimum atomic E-state index is 0.172. The second-order valence-electron chi connectivity index (χ2n) is 4.62. The highest BCUT2D eigenvalue weighted by Crippen LogP contribution is 2.30. The van der Waals surface area contributed by atoms with Crippen LogP contribution in [0, 0.1) is 0 Å². The highest BCUT2D eigenvalue weighted by Gasteiger charge is 2.21. The van der Waals surface area contributed by atoms with E-state index in [1.54, 1.807) is 11.3 Å². The maximum Gasteiger partial charge on any atom is 0.0285 e. The highest BCUT2D eigenvalue weighted by atomic mass is 79.9. The zero-order valence-corrected chi connectivity index (χ0v) is 11.9. The van der Waals surface area contributed by atoms with Crippen LogP contribution in [0.5, 0.6) is 0 Å². The number of halogens is 1. The maximum atomic E-state index is 5.70. The summed E-state index contributed by atoms with van der Waals surface area (Å²) in [6.45, 7) is 8.35. The van der Waals surface area contributed by atoms with Gasteiger partial charge >= 0.3 is 0 Å². The van der Waals surface area contributed by atoms with Crippen molar-refractivity contribution in [2.75, 3.05) is 13.1 Å². The van der Waals surface area contributed by atoms with Gasteiger partial charge in [-0.25, -0.2) is 0 Å². The third-order valence-corrected chi connectivity index (χ3v) is 4.32. The second-order valence-corrected chi connectivity index (χ2v) is 6.45. The topological polar surface area (TPSA) is 38.0 Å². The molecular weight excluding hydrogens is 272 g/mol. The molecule has 2 nitrogen and oxygen atoms in total. The molecule has 3 N–H and O–H groups in total. The Bertz CT molecular complexity index is 307. The maximum absolute atomic E-state index is 5.70. The van der Waals surface area contributed by atoms with Crippen molar-refractivity contribution in [1.29, 1.82) is 0 Å². The van der Waals surface area contributed by atoms with Crippen molar-refractivity contribution in [3.8, 4) is 0 Å². The molecule has 0 aliphatic rings. The van der Waals surface area contributed by atoms with E-state index in [2.05, 4.69) is 46.5 Å². The van der Waals surface area contributed by atoms with Crippen molar-refractivity contribution in [2.24, 2.45) is 5.73 Å². The first-order chi connectivity index (χ1) is 6.92. The Labute approximate surface area is 104 Å². The predicted octanol–water partition coefficient (Wildman–Crippen LogP) is 2.73. The van der Waals surface area contributed by atoms with Crippen molar-refractivity contribution in [1.82, 2.24) is 5.32 Å². The first kappa shape index (κ1) is 13.2. The average Bonchev–Trinajstić information content (AvgIpc) is 2.51. The molecule has 1 atom stereocenters. The van der Waals surface area contributed by atoms with Crippen LogP contribution in [0.15, 0.2) is 15.9 Å². The molecule has 0 amide bonds. The van der Waals surface area contributed by atoms with Gasteiger partial charge in [0.1, 0.15) is 0 Å². The summed E-state index contributed by atoms with van der Waals surface area (Å²) in [5.74, 6) is 0. The Morgan fingerprint density at radius 3 is 2.73 bits per heavy atom. The predicted molar refractivity (Wildman–Crippen MR) is 71.6 cm³/mol. The molecule has 15 heavy (non-hydrogen) atoms. The lowest BCUT2D eigenvalue weighted by molar-refractivity contribution is 0.465. The molecule has 1 aromatic heterocycles. The third-order valence-electron chi connectivity index (χ3n) is 2.27. The summed E-state index contributed by atoms with van der Waals surface area (Å²) in [5, 5.41) is 5.53. The molecule has 0 aliphatic carbocycles. The Kier molecular flexibility index (Phi) is 4.77. The third kappa shape index (κ3) is 4.23. The minimum absolute atomic E-state index is 0.172. The summed E-state index contributed by atoms with van der Waals surface area (Å²) in [4.78, 5) is 1.39. The first-order valence-corrected chi connectivity index (χ1v) is 6.80. The fourth-order valence-electron chi connectivity index (χ4n) is 1.37. The SMILES string of the molecule is CC(N)CNCC(C)(C)c1cc(Br)cs1. The Balaban J connectivity index is 2.51. The Hall–Kier alpha value is 0.1000. The molecule has 1 aromatic rings. The van der Waals surface area contributed by atoms with E-state index in [1.165, 1.54) is 9.35 Å². The molecule has 0 fully saturated rings. The van der Waals surface area contributed by atoms with Crippen LogP contribution in [-0.4, -0.2) is 19.1 Å². The Morgan fingerprint density at radius 2 is 2.27 bits per heavy atom. The van der Waals surface area contributed by atoms with Crippen molar-refractivity contribution in [3.63, 3.8) is 0 Å². The van der Waals surface area contributed by atoms with Crippen LogP contribution in [0.25, 0.3) is 0 Å². The fourth-order valence-corrected chi connectivity index (χ4v) is 2.92. The number of nitrogens with one attached hydrogen (secondary N) is 1. The Morgan fingerprint density at radius 1 is 1.60 bits per heavy atom. The van der Waals surface area contributed by atoms with Crippen LogP contribution < -0.4 is 11.1 Å². The number of thiophene rings is 1. The van der Waals surface area contributed by atoms with E-state index >= 15 is 0 Å². The largest absolute Gasteiger partial charge is 0.327 e. The minimum Gasteiger partial charge on any atom is -0.327 e.